The highest BCUT2D eigenvalue weighted by molar-refractivity contribution is 5.42. The fourth-order valence-electron chi connectivity index (χ4n) is 1.67. The molecule has 0 aliphatic heterocycles. The standard InChI is InChI=1S/C14H14FNO/c1-17-13-6-2-10(3-7-13)8-11-4-5-12(16)9-14(11)15/h2-7,9H,8,16H2,1H3. The number of hydrogen-bond donors (Lipinski definition) is 1. The van der Waals surface area contributed by atoms with E-state index < -0.39 is 0 Å². The van der Waals surface area contributed by atoms with Crippen LogP contribution in [0, 0.1) is 5.82 Å². The van der Waals surface area contributed by atoms with Crippen molar-refractivity contribution in [3.63, 3.8) is 0 Å². The first-order valence-electron chi connectivity index (χ1n) is 5.36. The molecule has 2 N–H and O–H groups in total. The van der Waals surface area contributed by atoms with Crippen molar-refractivity contribution in [3.05, 3.63) is 59.4 Å². The Bertz CT molecular complexity index is 508. The van der Waals surface area contributed by atoms with Crippen LogP contribution in [0.3, 0.4) is 0 Å². The summed E-state index contributed by atoms with van der Waals surface area (Å²) in [6, 6.07) is 12.4. The molecule has 0 spiro atoms. The predicted molar refractivity (Wildman–Crippen MR) is 66.6 cm³/mol. The Kier molecular flexibility index (Phi) is 3.28. The second-order valence-corrected chi connectivity index (χ2v) is 3.88. The van der Waals surface area contributed by atoms with E-state index >= 15 is 0 Å². The van der Waals surface area contributed by atoms with Gasteiger partial charge in [-0.2, -0.15) is 0 Å². The summed E-state index contributed by atoms with van der Waals surface area (Å²) >= 11 is 0. The van der Waals surface area contributed by atoms with Gasteiger partial charge in [0.15, 0.2) is 0 Å². The van der Waals surface area contributed by atoms with E-state index in [1.165, 1.54) is 6.07 Å². The molecule has 0 heterocycles. The summed E-state index contributed by atoms with van der Waals surface area (Å²) in [5, 5.41) is 0. The number of methoxy groups -OCH3 is 1. The lowest BCUT2D eigenvalue weighted by Gasteiger charge is -2.05. The summed E-state index contributed by atoms with van der Waals surface area (Å²) in [5.41, 5.74) is 7.63. The summed E-state index contributed by atoms with van der Waals surface area (Å²) in [5.74, 6) is 0.535. The highest BCUT2D eigenvalue weighted by Gasteiger charge is 2.03. The number of halogens is 1. The van der Waals surface area contributed by atoms with Crippen LogP contribution in [0.15, 0.2) is 42.5 Å². The van der Waals surface area contributed by atoms with Crippen LogP contribution in [0.1, 0.15) is 11.1 Å². The molecule has 0 bridgehead atoms. The maximum atomic E-state index is 13.6. The molecule has 0 amide bonds. The zero-order valence-corrected chi connectivity index (χ0v) is 9.61. The molecule has 2 aromatic rings. The Morgan fingerprint density at radius 1 is 1.12 bits per heavy atom. The van der Waals surface area contributed by atoms with Gasteiger partial charge in [0, 0.05) is 12.1 Å². The number of hydrogen-bond acceptors (Lipinski definition) is 2. The maximum absolute atomic E-state index is 13.6. The van der Waals surface area contributed by atoms with E-state index in [4.69, 9.17) is 10.5 Å². The number of rotatable bonds is 3. The quantitative estimate of drug-likeness (QED) is 0.824. The van der Waals surface area contributed by atoms with Gasteiger partial charge in [-0.3, -0.25) is 0 Å². The minimum atomic E-state index is -0.263. The van der Waals surface area contributed by atoms with Crippen LogP contribution in [-0.4, -0.2) is 7.11 Å². The smallest absolute Gasteiger partial charge is 0.128 e. The van der Waals surface area contributed by atoms with Crippen molar-refractivity contribution >= 4 is 5.69 Å². The highest BCUT2D eigenvalue weighted by atomic mass is 19.1. The number of anilines is 1. The van der Waals surface area contributed by atoms with E-state index in [-0.39, 0.29) is 5.82 Å². The first-order valence-corrected chi connectivity index (χ1v) is 5.36. The van der Waals surface area contributed by atoms with Crippen LogP contribution in [0.2, 0.25) is 0 Å². The molecule has 2 rings (SSSR count). The molecular formula is C14H14FNO. The zero-order valence-electron chi connectivity index (χ0n) is 9.61. The van der Waals surface area contributed by atoms with Crippen molar-refractivity contribution < 1.29 is 9.13 Å². The van der Waals surface area contributed by atoms with Crippen LogP contribution >= 0.6 is 0 Å². The molecule has 0 aliphatic carbocycles. The molecule has 0 radical (unpaired) electrons. The van der Waals surface area contributed by atoms with Crippen LogP contribution < -0.4 is 10.5 Å². The van der Waals surface area contributed by atoms with Crippen molar-refractivity contribution in [1.29, 1.82) is 0 Å². The monoisotopic (exact) mass is 231 g/mol. The van der Waals surface area contributed by atoms with Gasteiger partial charge in [-0.25, -0.2) is 4.39 Å². The summed E-state index contributed by atoms with van der Waals surface area (Å²) in [6.45, 7) is 0. The van der Waals surface area contributed by atoms with E-state index in [0.29, 0.717) is 17.7 Å². The van der Waals surface area contributed by atoms with Crippen LogP contribution in [0.5, 0.6) is 5.75 Å². The van der Waals surface area contributed by atoms with Gasteiger partial charge in [-0.15, -0.1) is 0 Å². The molecule has 0 unspecified atom stereocenters. The maximum Gasteiger partial charge on any atom is 0.128 e. The average Bonchev–Trinajstić information content (AvgIpc) is 2.34. The van der Waals surface area contributed by atoms with Gasteiger partial charge in [-0.05, 0) is 35.4 Å². The summed E-state index contributed by atoms with van der Waals surface area (Å²) in [7, 11) is 1.62. The Balaban J connectivity index is 2.19. The average molecular weight is 231 g/mol. The topological polar surface area (TPSA) is 35.2 Å². The summed E-state index contributed by atoms with van der Waals surface area (Å²) in [4.78, 5) is 0. The van der Waals surface area contributed by atoms with Gasteiger partial charge in [-0.1, -0.05) is 18.2 Å². The molecule has 2 nitrogen and oxygen atoms in total. The Morgan fingerprint density at radius 2 is 1.82 bits per heavy atom. The molecule has 0 aliphatic rings. The number of nitrogen functional groups attached to an aromatic ring is 1. The second-order valence-electron chi connectivity index (χ2n) is 3.88. The molecule has 0 saturated carbocycles. The minimum absolute atomic E-state index is 0.263. The molecule has 88 valence electrons. The largest absolute Gasteiger partial charge is 0.497 e. The first kappa shape index (κ1) is 11.5. The van der Waals surface area contributed by atoms with Crippen LogP contribution in [0.4, 0.5) is 10.1 Å². The Morgan fingerprint density at radius 3 is 2.41 bits per heavy atom. The van der Waals surface area contributed by atoms with Crippen molar-refractivity contribution in [1.82, 2.24) is 0 Å². The van der Waals surface area contributed by atoms with E-state index in [1.54, 1.807) is 19.2 Å². The number of benzene rings is 2. The summed E-state index contributed by atoms with van der Waals surface area (Å²) in [6.07, 6.45) is 0.552. The Hall–Kier alpha value is -2.03. The molecule has 2 aromatic carbocycles. The summed E-state index contributed by atoms with van der Waals surface area (Å²) < 4.78 is 18.6. The lowest BCUT2D eigenvalue weighted by molar-refractivity contribution is 0.414. The molecular weight excluding hydrogens is 217 g/mol. The molecule has 0 fully saturated rings. The molecule has 3 heteroatoms. The van der Waals surface area contributed by atoms with Gasteiger partial charge in [0.25, 0.3) is 0 Å². The van der Waals surface area contributed by atoms with Gasteiger partial charge < -0.3 is 10.5 Å². The van der Waals surface area contributed by atoms with Gasteiger partial charge >= 0.3 is 0 Å². The van der Waals surface area contributed by atoms with Gasteiger partial charge in [0.1, 0.15) is 11.6 Å². The predicted octanol–water partition coefficient (Wildman–Crippen LogP) is 3.01. The zero-order chi connectivity index (χ0) is 12.3. The first-order chi connectivity index (χ1) is 8.19. The molecule has 17 heavy (non-hydrogen) atoms. The van der Waals surface area contributed by atoms with Gasteiger partial charge in [0.2, 0.25) is 0 Å². The highest BCUT2D eigenvalue weighted by Crippen LogP contribution is 2.18. The third-order valence-electron chi connectivity index (χ3n) is 2.63. The van der Waals surface area contributed by atoms with Crippen LogP contribution in [0.25, 0.3) is 0 Å². The molecule has 0 atom stereocenters. The van der Waals surface area contributed by atoms with E-state index in [9.17, 15) is 4.39 Å². The second kappa shape index (κ2) is 4.87. The van der Waals surface area contributed by atoms with Crippen molar-refractivity contribution in [2.24, 2.45) is 0 Å². The molecule has 0 aromatic heterocycles. The van der Waals surface area contributed by atoms with Gasteiger partial charge in [0.05, 0.1) is 7.11 Å². The van der Waals surface area contributed by atoms with Crippen LogP contribution in [-0.2, 0) is 6.42 Å². The Labute approximate surface area is 99.8 Å². The normalized spacial score (nSPS) is 10.2. The third kappa shape index (κ3) is 2.75. The van der Waals surface area contributed by atoms with E-state index in [0.717, 1.165) is 11.3 Å². The fourth-order valence-corrected chi connectivity index (χ4v) is 1.67. The third-order valence-corrected chi connectivity index (χ3v) is 2.63. The number of ether oxygens (including phenoxy) is 1. The molecule has 0 saturated heterocycles. The van der Waals surface area contributed by atoms with E-state index in [1.807, 2.05) is 24.3 Å². The van der Waals surface area contributed by atoms with Crippen molar-refractivity contribution in [2.45, 2.75) is 6.42 Å². The fraction of sp³-hybridized carbons (Fsp3) is 0.143. The van der Waals surface area contributed by atoms with Crippen molar-refractivity contribution in [2.75, 3.05) is 12.8 Å². The minimum Gasteiger partial charge on any atom is -0.497 e. The SMILES string of the molecule is COc1ccc(Cc2ccc(N)cc2F)cc1. The van der Waals surface area contributed by atoms with E-state index in [2.05, 4.69) is 0 Å². The lowest BCUT2D eigenvalue weighted by atomic mass is 10.0. The van der Waals surface area contributed by atoms with Crippen molar-refractivity contribution in [3.8, 4) is 5.75 Å². The lowest BCUT2D eigenvalue weighted by Crippen LogP contribution is -1.95. The number of nitrogens with two attached hydrogens (primary N) is 1.